The van der Waals surface area contributed by atoms with Gasteiger partial charge in [-0.25, -0.2) is 4.79 Å². The van der Waals surface area contributed by atoms with Crippen molar-refractivity contribution in [3.8, 4) is 0 Å². The molecule has 2 saturated heterocycles. The summed E-state index contributed by atoms with van der Waals surface area (Å²) < 4.78 is 5.16. The minimum absolute atomic E-state index is 0.121. The lowest BCUT2D eigenvalue weighted by atomic mass is 9.84. The van der Waals surface area contributed by atoms with Crippen LogP contribution in [0.5, 0.6) is 0 Å². The summed E-state index contributed by atoms with van der Waals surface area (Å²) in [5.41, 5.74) is 2.07. The fourth-order valence-electron chi connectivity index (χ4n) is 5.51. The Morgan fingerprint density at radius 3 is 2.38 bits per heavy atom. The van der Waals surface area contributed by atoms with Crippen LogP contribution in [0.25, 0.3) is 0 Å². The van der Waals surface area contributed by atoms with Crippen molar-refractivity contribution in [3.63, 3.8) is 0 Å². The second-order valence-corrected chi connectivity index (χ2v) is 10.3. The summed E-state index contributed by atoms with van der Waals surface area (Å²) in [7, 11) is 1.98. The first-order valence-electron chi connectivity index (χ1n) is 12.6. The van der Waals surface area contributed by atoms with Crippen molar-refractivity contribution in [2.24, 2.45) is 5.92 Å². The lowest BCUT2D eigenvalue weighted by molar-refractivity contribution is 0.0410. The standard InChI is InChI=1S/C27H37N3O3S/c1-3-33-27(32)30-16-11-24(12-17-30)29-14-9-22(10-15-29)25(19-21-7-5-4-6-8-21)28(2)26(31)23-13-18-34-20-23/h4-8,13,18,20,22,24-25H,3,9-12,14-17,19H2,1-2H3. The molecule has 1 atom stereocenters. The van der Waals surface area contributed by atoms with Crippen molar-refractivity contribution in [3.05, 3.63) is 58.3 Å². The molecule has 2 aliphatic heterocycles. The molecule has 1 aromatic heterocycles. The minimum atomic E-state index is -0.179. The second kappa shape index (κ2) is 11.8. The van der Waals surface area contributed by atoms with Crippen molar-refractivity contribution >= 4 is 23.3 Å². The molecule has 2 aromatic rings. The quantitative estimate of drug-likeness (QED) is 0.570. The average Bonchev–Trinajstić information content (AvgIpc) is 3.43. The number of carbonyl (C=O) groups is 2. The predicted molar refractivity (Wildman–Crippen MR) is 136 cm³/mol. The highest BCUT2D eigenvalue weighted by Crippen LogP contribution is 2.30. The van der Waals surface area contributed by atoms with Crippen LogP contribution in [-0.4, -0.2) is 78.6 Å². The van der Waals surface area contributed by atoms with Gasteiger partial charge >= 0.3 is 6.09 Å². The van der Waals surface area contributed by atoms with Crippen LogP contribution in [0.15, 0.2) is 47.2 Å². The number of likely N-dealkylation sites (N-methyl/N-ethyl adjacent to an activating group) is 1. The van der Waals surface area contributed by atoms with Crippen LogP contribution < -0.4 is 0 Å². The second-order valence-electron chi connectivity index (χ2n) is 9.48. The molecule has 2 fully saturated rings. The van der Waals surface area contributed by atoms with Crippen LogP contribution >= 0.6 is 11.3 Å². The van der Waals surface area contributed by atoms with E-state index in [0.29, 0.717) is 18.6 Å². The van der Waals surface area contributed by atoms with Crippen LogP contribution in [0.4, 0.5) is 4.79 Å². The molecule has 0 bridgehead atoms. The molecule has 3 heterocycles. The molecule has 6 nitrogen and oxygen atoms in total. The number of rotatable bonds is 7. The van der Waals surface area contributed by atoms with Gasteiger partial charge in [-0.15, -0.1) is 0 Å². The van der Waals surface area contributed by atoms with Gasteiger partial charge in [0.15, 0.2) is 0 Å². The number of benzene rings is 1. The lowest BCUT2D eigenvalue weighted by Gasteiger charge is -2.44. The predicted octanol–water partition coefficient (Wildman–Crippen LogP) is 4.76. The monoisotopic (exact) mass is 483 g/mol. The van der Waals surface area contributed by atoms with Crippen LogP contribution in [0.2, 0.25) is 0 Å². The molecule has 1 unspecified atom stereocenters. The number of hydrogen-bond donors (Lipinski definition) is 0. The average molecular weight is 484 g/mol. The number of hydrogen-bond acceptors (Lipinski definition) is 5. The Labute approximate surface area is 207 Å². The van der Waals surface area contributed by atoms with E-state index in [-0.39, 0.29) is 18.0 Å². The Morgan fingerprint density at radius 2 is 1.76 bits per heavy atom. The summed E-state index contributed by atoms with van der Waals surface area (Å²) in [6, 6.07) is 13.2. The van der Waals surface area contributed by atoms with E-state index in [9.17, 15) is 9.59 Å². The maximum atomic E-state index is 13.2. The molecule has 1 aromatic carbocycles. The molecule has 184 valence electrons. The van der Waals surface area contributed by atoms with E-state index in [1.54, 1.807) is 11.3 Å². The number of ether oxygens (including phenoxy) is 1. The highest BCUT2D eigenvalue weighted by molar-refractivity contribution is 7.08. The van der Waals surface area contributed by atoms with Crippen molar-refractivity contribution in [2.45, 2.75) is 51.1 Å². The normalized spacial score (nSPS) is 19.1. The number of carbonyl (C=O) groups excluding carboxylic acids is 2. The van der Waals surface area contributed by atoms with Crippen LogP contribution in [-0.2, 0) is 11.2 Å². The SMILES string of the molecule is CCOC(=O)N1CCC(N2CCC(C(Cc3ccccc3)N(C)C(=O)c3ccsc3)CC2)CC1. The first kappa shape index (κ1) is 24.7. The molecule has 0 spiro atoms. The van der Waals surface area contributed by atoms with Crippen molar-refractivity contribution in [1.82, 2.24) is 14.7 Å². The van der Waals surface area contributed by atoms with E-state index >= 15 is 0 Å². The van der Waals surface area contributed by atoms with E-state index in [1.165, 1.54) is 5.56 Å². The van der Waals surface area contributed by atoms with Gasteiger partial charge < -0.3 is 19.4 Å². The van der Waals surface area contributed by atoms with Gasteiger partial charge in [0.05, 0.1) is 12.2 Å². The molecule has 0 aliphatic carbocycles. The number of amides is 2. The molecule has 2 aliphatic rings. The molecule has 4 rings (SSSR count). The van der Waals surface area contributed by atoms with Gasteiger partial charge in [0.2, 0.25) is 0 Å². The third kappa shape index (κ3) is 5.99. The van der Waals surface area contributed by atoms with Gasteiger partial charge in [-0.3, -0.25) is 4.79 Å². The van der Waals surface area contributed by atoms with Gasteiger partial charge in [-0.05, 0) is 75.0 Å². The fraction of sp³-hybridized carbons (Fsp3) is 0.556. The third-order valence-electron chi connectivity index (χ3n) is 7.50. The molecule has 0 N–H and O–H groups in total. The van der Waals surface area contributed by atoms with E-state index in [0.717, 1.165) is 63.8 Å². The van der Waals surface area contributed by atoms with Gasteiger partial charge in [0.25, 0.3) is 5.91 Å². The third-order valence-corrected chi connectivity index (χ3v) is 8.18. The van der Waals surface area contributed by atoms with Gasteiger partial charge in [0, 0.05) is 37.6 Å². The number of likely N-dealkylation sites (tertiary alicyclic amines) is 2. The van der Waals surface area contributed by atoms with Crippen molar-refractivity contribution in [1.29, 1.82) is 0 Å². The van der Waals surface area contributed by atoms with Crippen LogP contribution in [0, 0.1) is 5.92 Å². The minimum Gasteiger partial charge on any atom is -0.450 e. The highest BCUT2D eigenvalue weighted by Gasteiger charge is 2.35. The Morgan fingerprint density at radius 1 is 1.06 bits per heavy atom. The highest BCUT2D eigenvalue weighted by atomic mass is 32.1. The molecular weight excluding hydrogens is 446 g/mol. The summed E-state index contributed by atoms with van der Waals surface area (Å²) in [5, 5.41) is 3.92. The van der Waals surface area contributed by atoms with E-state index in [4.69, 9.17) is 4.74 Å². The summed E-state index contributed by atoms with van der Waals surface area (Å²) in [5.74, 6) is 0.597. The van der Waals surface area contributed by atoms with Gasteiger partial charge in [-0.2, -0.15) is 11.3 Å². The first-order chi connectivity index (χ1) is 16.6. The summed E-state index contributed by atoms with van der Waals surface area (Å²) in [4.78, 5) is 31.7. The number of piperidine rings is 2. The zero-order valence-corrected chi connectivity index (χ0v) is 21.2. The Bertz CT molecular complexity index is 904. The van der Waals surface area contributed by atoms with Gasteiger partial charge in [0.1, 0.15) is 0 Å². The molecule has 0 saturated carbocycles. The van der Waals surface area contributed by atoms with Crippen molar-refractivity contribution in [2.75, 3.05) is 39.8 Å². The maximum absolute atomic E-state index is 13.2. The summed E-state index contributed by atoms with van der Waals surface area (Å²) >= 11 is 1.57. The van der Waals surface area contributed by atoms with Crippen molar-refractivity contribution < 1.29 is 14.3 Å². The van der Waals surface area contributed by atoms with E-state index in [1.807, 2.05) is 46.7 Å². The summed E-state index contributed by atoms with van der Waals surface area (Å²) in [6.07, 6.45) is 4.91. The number of nitrogens with zero attached hydrogens (tertiary/aromatic N) is 3. The fourth-order valence-corrected chi connectivity index (χ4v) is 6.14. The largest absolute Gasteiger partial charge is 0.450 e. The molecule has 0 radical (unpaired) electrons. The molecule has 2 amide bonds. The van der Waals surface area contributed by atoms with Crippen LogP contribution in [0.3, 0.4) is 0 Å². The van der Waals surface area contributed by atoms with Crippen LogP contribution in [0.1, 0.15) is 48.5 Å². The van der Waals surface area contributed by atoms with E-state index < -0.39 is 0 Å². The zero-order valence-electron chi connectivity index (χ0n) is 20.4. The molecule has 7 heteroatoms. The molecule has 34 heavy (non-hydrogen) atoms. The summed E-state index contributed by atoms with van der Waals surface area (Å²) in [6.45, 7) is 5.95. The molecular formula is C27H37N3O3S. The Kier molecular flexibility index (Phi) is 8.62. The van der Waals surface area contributed by atoms with Gasteiger partial charge in [-0.1, -0.05) is 30.3 Å². The van der Waals surface area contributed by atoms with E-state index in [2.05, 4.69) is 29.2 Å². The lowest BCUT2D eigenvalue weighted by Crippen LogP contribution is -2.52. The topological polar surface area (TPSA) is 53.1 Å². The first-order valence-corrected chi connectivity index (χ1v) is 13.5. The zero-order chi connectivity index (χ0) is 23.9. The maximum Gasteiger partial charge on any atom is 0.409 e. The Hall–Kier alpha value is -2.38. The Balaban J connectivity index is 1.37. The smallest absolute Gasteiger partial charge is 0.409 e. The number of thiophene rings is 1.